The highest BCUT2D eigenvalue weighted by atomic mass is 35.5. The van der Waals surface area contributed by atoms with E-state index in [-0.39, 0.29) is 23.8 Å². The molecule has 3 aromatic rings. The van der Waals surface area contributed by atoms with Gasteiger partial charge in [0.15, 0.2) is 0 Å². The summed E-state index contributed by atoms with van der Waals surface area (Å²) >= 11 is 11.8. The van der Waals surface area contributed by atoms with Crippen LogP contribution in [-0.2, 0) is 9.59 Å². The number of anilines is 2. The molecule has 3 aromatic carbocycles. The van der Waals surface area contributed by atoms with Crippen LogP contribution < -0.4 is 9.80 Å². The van der Waals surface area contributed by atoms with Crippen molar-refractivity contribution in [3.05, 3.63) is 93.0 Å². The lowest BCUT2D eigenvalue weighted by molar-refractivity contribution is -0.121. The van der Waals surface area contributed by atoms with Crippen molar-refractivity contribution in [2.45, 2.75) is 19.3 Å². The third-order valence-electron chi connectivity index (χ3n) is 5.93. The van der Waals surface area contributed by atoms with Gasteiger partial charge < -0.3 is 0 Å². The number of hydrogen-bond donors (Lipinski definition) is 0. The minimum absolute atomic E-state index is 0.0251. The number of halogens is 2. The van der Waals surface area contributed by atoms with Crippen LogP contribution in [0.15, 0.2) is 60.7 Å². The summed E-state index contributed by atoms with van der Waals surface area (Å²) in [6.07, 6.45) is -0.0251. The van der Waals surface area contributed by atoms with Crippen molar-refractivity contribution in [3.63, 3.8) is 0 Å². The summed E-state index contributed by atoms with van der Waals surface area (Å²) in [5, 5.41) is 0.987. The summed E-state index contributed by atoms with van der Waals surface area (Å²) in [6, 6.07) is 16.1. The van der Waals surface area contributed by atoms with E-state index in [0.29, 0.717) is 38.1 Å². The molecule has 0 aliphatic carbocycles. The van der Waals surface area contributed by atoms with E-state index in [1.165, 1.54) is 0 Å². The molecule has 0 aromatic heterocycles. The van der Waals surface area contributed by atoms with Crippen molar-refractivity contribution >= 4 is 58.2 Å². The summed E-state index contributed by atoms with van der Waals surface area (Å²) in [6.45, 7) is 1.72. The molecule has 1 saturated heterocycles. The third-order valence-corrected chi connectivity index (χ3v) is 6.43. The summed E-state index contributed by atoms with van der Waals surface area (Å²) < 4.78 is 0. The van der Waals surface area contributed by atoms with Crippen LogP contribution in [0.4, 0.5) is 11.4 Å². The molecule has 0 unspecified atom stereocenters. The molecule has 4 amide bonds. The molecule has 1 fully saturated rings. The maximum absolute atomic E-state index is 13.2. The van der Waals surface area contributed by atoms with Crippen LogP contribution in [0, 0.1) is 6.92 Å². The zero-order valence-corrected chi connectivity index (χ0v) is 18.9. The number of hydrogen-bond acceptors (Lipinski definition) is 4. The minimum atomic E-state index is -0.746. The number of aryl methyl sites for hydroxylation is 1. The second-order valence-electron chi connectivity index (χ2n) is 7.98. The van der Waals surface area contributed by atoms with Crippen molar-refractivity contribution < 1.29 is 19.2 Å². The van der Waals surface area contributed by atoms with Gasteiger partial charge in [0.05, 0.1) is 28.4 Å². The summed E-state index contributed by atoms with van der Waals surface area (Å²) in [5.74, 6) is -2.38. The molecular weight excluding hydrogens is 463 g/mol. The number of nitrogens with zero attached hydrogens (tertiary/aromatic N) is 2. The lowest BCUT2D eigenvalue weighted by atomic mass is 9.91. The lowest BCUT2D eigenvalue weighted by Gasteiger charge is -2.16. The van der Waals surface area contributed by atoms with Crippen LogP contribution in [0.2, 0.25) is 10.0 Å². The summed E-state index contributed by atoms with van der Waals surface area (Å²) in [5.41, 5.74) is 2.46. The summed E-state index contributed by atoms with van der Waals surface area (Å²) in [7, 11) is 0. The van der Waals surface area contributed by atoms with Crippen LogP contribution in [-0.4, -0.2) is 23.6 Å². The Balaban J connectivity index is 1.51. The highest BCUT2D eigenvalue weighted by Crippen LogP contribution is 2.38. The van der Waals surface area contributed by atoms with Gasteiger partial charge >= 0.3 is 0 Å². The first-order valence-corrected chi connectivity index (χ1v) is 10.9. The Morgan fingerprint density at radius 3 is 1.88 bits per heavy atom. The topological polar surface area (TPSA) is 74.8 Å². The number of carbonyl (C=O) groups is 4. The molecule has 2 heterocycles. The van der Waals surface area contributed by atoms with Gasteiger partial charge in [-0.3, -0.25) is 24.1 Å². The van der Waals surface area contributed by atoms with Crippen molar-refractivity contribution in [3.8, 4) is 0 Å². The van der Waals surface area contributed by atoms with E-state index < -0.39 is 17.7 Å². The van der Waals surface area contributed by atoms with Crippen molar-refractivity contribution in [2.75, 3.05) is 9.80 Å². The Morgan fingerprint density at radius 1 is 0.758 bits per heavy atom. The van der Waals surface area contributed by atoms with Gasteiger partial charge in [0.2, 0.25) is 11.8 Å². The highest BCUT2D eigenvalue weighted by Gasteiger charge is 2.43. The van der Waals surface area contributed by atoms with E-state index >= 15 is 0 Å². The minimum Gasteiger partial charge on any atom is -0.274 e. The zero-order valence-electron chi connectivity index (χ0n) is 17.3. The van der Waals surface area contributed by atoms with E-state index in [0.717, 1.165) is 9.80 Å². The Labute approximate surface area is 199 Å². The Bertz CT molecular complexity index is 1350. The Hall–Kier alpha value is -3.48. The average molecular weight is 479 g/mol. The molecule has 6 nitrogen and oxygen atoms in total. The molecule has 1 atom stereocenters. The predicted octanol–water partition coefficient (Wildman–Crippen LogP) is 5.15. The van der Waals surface area contributed by atoms with Crippen LogP contribution in [0.5, 0.6) is 0 Å². The average Bonchev–Trinajstić information content (AvgIpc) is 3.22. The van der Waals surface area contributed by atoms with Gasteiger partial charge in [0.25, 0.3) is 11.8 Å². The number of carbonyl (C=O) groups excluding carboxylic acids is 4. The van der Waals surface area contributed by atoms with Crippen molar-refractivity contribution in [1.82, 2.24) is 0 Å². The molecule has 0 radical (unpaired) electrons. The maximum Gasteiger partial charge on any atom is 0.266 e. The molecule has 5 rings (SSSR count). The quantitative estimate of drug-likeness (QED) is 0.487. The predicted molar refractivity (Wildman–Crippen MR) is 125 cm³/mol. The molecule has 33 heavy (non-hydrogen) atoms. The van der Waals surface area contributed by atoms with Gasteiger partial charge in [-0.05, 0) is 72.6 Å². The van der Waals surface area contributed by atoms with E-state index in [1.54, 1.807) is 67.6 Å². The monoisotopic (exact) mass is 478 g/mol. The molecule has 0 bridgehead atoms. The normalized spacial score (nSPS) is 17.8. The van der Waals surface area contributed by atoms with Crippen molar-refractivity contribution in [1.29, 1.82) is 0 Å². The van der Waals surface area contributed by atoms with Gasteiger partial charge in [0.1, 0.15) is 0 Å². The number of benzene rings is 3. The van der Waals surface area contributed by atoms with E-state index in [1.807, 2.05) is 0 Å². The standard InChI is InChI=1S/C25H16Cl2N2O4/c1-13-10-14(19-12-21(30)28(23(19)31)17-6-2-15(26)3-7-17)11-20-22(13)25(33)29(24(20)32)18-8-4-16(27)5-9-18/h2-11,19H,12H2,1H3/t19-/m1/s1. The molecular formula is C25H16Cl2N2O4. The molecule has 0 saturated carbocycles. The van der Waals surface area contributed by atoms with Gasteiger partial charge in [0, 0.05) is 16.5 Å². The fourth-order valence-corrected chi connectivity index (χ4v) is 4.62. The van der Waals surface area contributed by atoms with Gasteiger partial charge in [-0.15, -0.1) is 0 Å². The fraction of sp³-hybridized carbons (Fsp3) is 0.120. The second kappa shape index (κ2) is 7.83. The van der Waals surface area contributed by atoms with E-state index in [2.05, 4.69) is 0 Å². The number of amides is 4. The smallest absolute Gasteiger partial charge is 0.266 e. The molecule has 0 spiro atoms. The van der Waals surface area contributed by atoms with E-state index in [4.69, 9.17) is 23.2 Å². The third kappa shape index (κ3) is 3.43. The van der Waals surface area contributed by atoms with Crippen LogP contribution in [0.3, 0.4) is 0 Å². The van der Waals surface area contributed by atoms with Crippen LogP contribution in [0.25, 0.3) is 0 Å². The first-order valence-electron chi connectivity index (χ1n) is 10.2. The first-order chi connectivity index (χ1) is 15.8. The van der Waals surface area contributed by atoms with Crippen molar-refractivity contribution in [2.24, 2.45) is 0 Å². The van der Waals surface area contributed by atoms with Gasteiger partial charge in [-0.1, -0.05) is 29.3 Å². The van der Waals surface area contributed by atoms with Gasteiger partial charge in [-0.25, -0.2) is 4.90 Å². The fourth-order valence-electron chi connectivity index (χ4n) is 4.37. The summed E-state index contributed by atoms with van der Waals surface area (Å²) in [4.78, 5) is 54.3. The largest absolute Gasteiger partial charge is 0.274 e. The van der Waals surface area contributed by atoms with Crippen LogP contribution >= 0.6 is 23.2 Å². The molecule has 2 aliphatic rings. The number of imide groups is 2. The highest BCUT2D eigenvalue weighted by molar-refractivity contribution is 6.35. The van der Waals surface area contributed by atoms with Gasteiger partial charge in [-0.2, -0.15) is 0 Å². The molecule has 164 valence electrons. The molecule has 0 N–H and O–H groups in total. The Morgan fingerprint density at radius 2 is 1.30 bits per heavy atom. The molecule has 8 heteroatoms. The number of fused-ring (bicyclic) bond motifs is 1. The lowest BCUT2D eigenvalue weighted by Crippen LogP contribution is -2.30. The Kier molecular flexibility index (Phi) is 5.07. The molecule has 2 aliphatic heterocycles. The first kappa shape index (κ1) is 21.4. The maximum atomic E-state index is 13.2. The van der Waals surface area contributed by atoms with E-state index in [9.17, 15) is 19.2 Å². The SMILES string of the molecule is Cc1cc([C@H]2CC(=O)N(c3ccc(Cl)cc3)C2=O)cc2c1C(=O)N(c1ccc(Cl)cc1)C2=O. The zero-order chi connectivity index (χ0) is 23.4. The second-order valence-corrected chi connectivity index (χ2v) is 8.86. The van der Waals surface area contributed by atoms with Crippen LogP contribution in [0.1, 0.15) is 44.2 Å². The number of rotatable bonds is 3.